The monoisotopic (exact) mass is 441 g/mol. The lowest BCUT2D eigenvalue weighted by atomic mass is 9.54. The fraction of sp³-hybridized carbons (Fsp3) is 0.583. The summed E-state index contributed by atoms with van der Waals surface area (Å²) in [6.07, 6.45) is 6.46. The molecule has 31 heavy (non-hydrogen) atoms. The Bertz CT molecular complexity index is 886. The molecule has 1 aromatic heterocycles. The number of nitrogens with one attached hydrogen (secondary N) is 1. The zero-order valence-corrected chi connectivity index (χ0v) is 19.1. The van der Waals surface area contributed by atoms with Gasteiger partial charge >= 0.3 is 0 Å². The van der Waals surface area contributed by atoms with Crippen LogP contribution in [0.15, 0.2) is 44.6 Å². The van der Waals surface area contributed by atoms with E-state index in [-0.39, 0.29) is 17.7 Å². The topological polar surface area (TPSA) is 67.6 Å². The van der Waals surface area contributed by atoms with Crippen LogP contribution in [0, 0.1) is 23.7 Å². The summed E-state index contributed by atoms with van der Waals surface area (Å²) in [6.45, 7) is 1.25. The first-order valence-electron chi connectivity index (χ1n) is 11.4. The second-order valence-corrected chi connectivity index (χ2v) is 10.7. The largest absolute Gasteiger partial charge is 0.473 e. The lowest BCUT2D eigenvalue weighted by Crippen LogP contribution is -2.55. The maximum Gasteiger partial charge on any atom is 0.291 e. The van der Waals surface area contributed by atoms with Crippen LogP contribution in [0.2, 0.25) is 0 Å². The number of benzene rings is 1. The maximum absolute atomic E-state index is 13.3. The standard InChI is InChI=1S/C24H31N3O3S/c1-27(2)8-9-29-24-22(31-19-6-4-3-5-7-19)21(30-26-24)23(28)25-20-17-11-15-10-16(13-17)14-18(20)12-15/h3-7,15-18,20H,8-14H2,1-2H3,(H,25,28). The number of hydrogen-bond acceptors (Lipinski definition) is 6. The normalized spacial score (nSPS) is 28.8. The van der Waals surface area contributed by atoms with Gasteiger partial charge in [0, 0.05) is 17.5 Å². The summed E-state index contributed by atoms with van der Waals surface area (Å²) in [7, 11) is 3.99. The number of nitrogens with zero attached hydrogens (tertiary/aromatic N) is 2. The van der Waals surface area contributed by atoms with Gasteiger partial charge < -0.3 is 19.5 Å². The summed E-state index contributed by atoms with van der Waals surface area (Å²) >= 11 is 1.47. The summed E-state index contributed by atoms with van der Waals surface area (Å²) in [5.74, 6) is 3.48. The van der Waals surface area contributed by atoms with Crippen molar-refractivity contribution in [1.82, 2.24) is 15.4 Å². The minimum Gasteiger partial charge on any atom is -0.473 e. The SMILES string of the molecule is CN(C)CCOc1noc(C(=O)NC2C3CC4CC(C3)CC2C4)c1Sc1ccccc1. The molecule has 4 aliphatic carbocycles. The molecule has 166 valence electrons. The molecule has 4 fully saturated rings. The van der Waals surface area contributed by atoms with Crippen molar-refractivity contribution in [2.24, 2.45) is 23.7 Å². The van der Waals surface area contributed by atoms with E-state index in [4.69, 9.17) is 9.26 Å². The Balaban J connectivity index is 1.34. The summed E-state index contributed by atoms with van der Waals surface area (Å²) in [6, 6.07) is 10.2. The molecule has 0 spiro atoms. The Labute approximate surface area is 188 Å². The highest BCUT2D eigenvalue weighted by Gasteiger charge is 2.49. The van der Waals surface area contributed by atoms with Crippen LogP contribution in [-0.4, -0.2) is 49.3 Å². The fourth-order valence-corrected chi connectivity index (χ4v) is 6.84. The number of likely N-dealkylation sites (N-methyl/N-ethyl adjacent to an activating group) is 1. The van der Waals surface area contributed by atoms with Crippen molar-refractivity contribution in [2.45, 2.75) is 47.9 Å². The maximum atomic E-state index is 13.3. The average Bonchev–Trinajstić information content (AvgIpc) is 3.13. The second-order valence-electron chi connectivity index (χ2n) is 9.64. The van der Waals surface area contributed by atoms with Crippen LogP contribution in [0.1, 0.15) is 42.7 Å². The third kappa shape index (κ3) is 4.48. The molecule has 4 bridgehead atoms. The van der Waals surface area contributed by atoms with Crippen molar-refractivity contribution in [3.63, 3.8) is 0 Å². The van der Waals surface area contributed by atoms with Crippen LogP contribution in [0.3, 0.4) is 0 Å². The van der Waals surface area contributed by atoms with E-state index in [2.05, 4.69) is 10.5 Å². The van der Waals surface area contributed by atoms with E-state index in [0.29, 0.717) is 29.2 Å². The molecule has 1 heterocycles. The minimum atomic E-state index is -0.161. The molecule has 2 aromatic rings. The third-order valence-corrected chi connectivity index (χ3v) is 8.16. The molecule has 0 saturated heterocycles. The quantitative estimate of drug-likeness (QED) is 0.658. The predicted octanol–water partition coefficient (Wildman–Crippen LogP) is 4.32. The lowest BCUT2D eigenvalue weighted by Gasteiger charge is -2.54. The molecular weight excluding hydrogens is 410 g/mol. The summed E-state index contributed by atoms with van der Waals surface area (Å²) < 4.78 is 11.4. The molecule has 4 saturated carbocycles. The second kappa shape index (κ2) is 8.87. The van der Waals surface area contributed by atoms with Gasteiger partial charge in [-0.25, -0.2) is 0 Å². The molecule has 4 aliphatic rings. The van der Waals surface area contributed by atoms with Crippen molar-refractivity contribution in [3.05, 3.63) is 36.1 Å². The van der Waals surface area contributed by atoms with Crippen LogP contribution < -0.4 is 10.1 Å². The van der Waals surface area contributed by atoms with Crippen LogP contribution >= 0.6 is 11.8 Å². The molecule has 1 N–H and O–H groups in total. The molecular formula is C24H31N3O3S. The molecule has 0 unspecified atom stereocenters. The zero-order chi connectivity index (χ0) is 21.4. The first-order valence-corrected chi connectivity index (χ1v) is 12.2. The number of amides is 1. The first-order chi connectivity index (χ1) is 15.1. The third-order valence-electron chi connectivity index (χ3n) is 7.09. The molecule has 0 radical (unpaired) electrons. The highest BCUT2D eigenvalue weighted by molar-refractivity contribution is 7.99. The van der Waals surface area contributed by atoms with E-state index in [1.807, 2.05) is 49.3 Å². The van der Waals surface area contributed by atoms with E-state index < -0.39 is 0 Å². The van der Waals surface area contributed by atoms with Gasteiger partial charge in [-0.2, -0.15) is 0 Å². The van der Waals surface area contributed by atoms with Gasteiger partial charge in [0.25, 0.3) is 11.8 Å². The number of aromatic nitrogens is 1. The van der Waals surface area contributed by atoms with Gasteiger partial charge in [-0.3, -0.25) is 4.79 Å². The van der Waals surface area contributed by atoms with Crippen LogP contribution in [-0.2, 0) is 0 Å². The molecule has 0 aliphatic heterocycles. The molecule has 6 rings (SSSR count). The van der Waals surface area contributed by atoms with Crippen molar-refractivity contribution in [1.29, 1.82) is 0 Å². The van der Waals surface area contributed by atoms with Crippen LogP contribution in [0.4, 0.5) is 0 Å². The average molecular weight is 442 g/mol. The van der Waals surface area contributed by atoms with Crippen LogP contribution in [0.5, 0.6) is 5.88 Å². The van der Waals surface area contributed by atoms with Gasteiger partial charge in [-0.1, -0.05) is 30.0 Å². The van der Waals surface area contributed by atoms with E-state index in [0.717, 1.165) is 23.3 Å². The highest BCUT2D eigenvalue weighted by atomic mass is 32.2. The van der Waals surface area contributed by atoms with Gasteiger partial charge in [-0.05, 0) is 87.2 Å². The smallest absolute Gasteiger partial charge is 0.291 e. The number of carbonyl (C=O) groups is 1. The predicted molar refractivity (Wildman–Crippen MR) is 119 cm³/mol. The number of rotatable bonds is 8. The van der Waals surface area contributed by atoms with Gasteiger partial charge in [0.15, 0.2) is 0 Å². The van der Waals surface area contributed by atoms with E-state index in [1.54, 1.807) is 0 Å². The Morgan fingerprint density at radius 1 is 1.13 bits per heavy atom. The van der Waals surface area contributed by atoms with Gasteiger partial charge in [0.2, 0.25) is 5.76 Å². The number of carbonyl (C=O) groups excluding carboxylic acids is 1. The van der Waals surface area contributed by atoms with Gasteiger partial charge in [-0.15, -0.1) is 0 Å². The minimum absolute atomic E-state index is 0.161. The van der Waals surface area contributed by atoms with Gasteiger partial charge in [0.05, 0.1) is 0 Å². The molecule has 1 aromatic carbocycles. The Morgan fingerprint density at radius 2 is 1.81 bits per heavy atom. The zero-order valence-electron chi connectivity index (χ0n) is 18.3. The van der Waals surface area contributed by atoms with Crippen LogP contribution in [0.25, 0.3) is 0 Å². The Hall–Kier alpha value is -1.99. The van der Waals surface area contributed by atoms with E-state index in [1.165, 1.54) is 43.9 Å². The molecule has 7 heteroatoms. The molecule has 6 nitrogen and oxygen atoms in total. The fourth-order valence-electron chi connectivity index (χ4n) is 5.90. The molecule has 1 amide bonds. The number of ether oxygens (including phenoxy) is 1. The van der Waals surface area contributed by atoms with E-state index in [9.17, 15) is 4.79 Å². The van der Waals surface area contributed by atoms with Crippen molar-refractivity contribution in [2.75, 3.05) is 27.2 Å². The summed E-state index contributed by atoms with van der Waals surface area (Å²) in [5, 5.41) is 7.46. The van der Waals surface area contributed by atoms with Gasteiger partial charge in [0.1, 0.15) is 11.5 Å². The Morgan fingerprint density at radius 3 is 2.45 bits per heavy atom. The van der Waals surface area contributed by atoms with Crippen molar-refractivity contribution < 1.29 is 14.1 Å². The van der Waals surface area contributed by atoms with E-state index >= 15 is 0 Å². The summed E-state index contributed by atoms with van der Waals surface area (Å²) in [4.78, 5) is 17.0. The highest BCUT2D eigenvalue weighted by Crippen LogP contribution is 2.53. The number of hydrogen-bond donors (Lipinski definition) is 1. The molecule has 0 atom stereocenters. The first kappa shape index (κ1) is 20.9. The Kier molecular flexibility index (Phi) is 5.97. The van der Waals surface area contributed by atoms with Crippen molar-refractivity contribution >= 4 is 17.7 Å². The summed E-state index contributed by atoms with van der Waals surface area (Å²) in [5.41, 5.74) is 0. The lowest BCUT2D eigenvalue weighted by molar-refractivity contribution is -0.0124. The van der Waals surface area contributed by atoms with Crippen molar-refractivity contribution in [3.8, 4) is 5.88 Å².